The molecule has 5 nitrogen and oxygen atoms in total. The van der Waals surface area contributed by atoms with Gasteiger partial charge in [0, 0.05) is 12.7 Å². The van der Waals surface area contributed by atoms with Crippen LogP contribution < -0.4 is 0 Å². The summed E-state index contributed by atoms with van der Waals surface area (Å²) in [6, 6.07) is 1.77. The third-order valence-corrected chi connectivity index (χ3v) is 7.07. The van der Waals surface area contributed by atoms with Crippen molar-refractivity contribution in [3.8, 4) is 0 Å². The molecule has 1 aromatic heterocycles. The van der Waals surface area contributed by atoms with Crippen LogP contribution in [0.2, 0.25) is 0 Å². The highest BCUT2D eigenvalue weighted by Crippen LogP contribution is 2.46. The molecule has 0 amide bonds. The van der Waals surface area contributed by atoms with Crippen molar-refractivity contribution < 1.29 is 8.42 Å². The molecule has 2 atom stereocenters. The molecule has 0 saturated carbocycles. The van der Waals surface area contributed by atoms with Crippen molar-refractivity contribution in [1.29, 1.82) is 0 Å². The third-order valence-electron chi connectivity index (χ3n) is 4.39. The second-order valence-electron chi connectivity index (χ2n) is 8.30. The average Bonchev–Trinajstić information content (AvgIpc) is 2.62. The Kier molecular flexibility index (Phi) is 4.39. The molecule has 1 saturated heterocycles. The number of rotatable bonds is 2. The monoisotopic (exact) mass is 325 g/mol. The molecule has 0 bridgehead atoms. The summed E-state index contributed by atoms with van der Waals surface area (Å²) in [5, 5.41) is -0.373. The highest BCUT2D eigenvalue weighted by Gasteiger charge is 2.54. The van der Waals surface area contributed by atoms with Crippen LogP contribution in [-0.4, -0.2) is 34.5 Å². The normalized spacial score (nSPS) is 26.3. The predicted octanol–water partition coefficient (Wildman–Crippen LogP) is 2.70. The lowest BCUT2D eigenvalue weighted by Crippen LogP contribution is -2.42. The van der Waals surface area contributed by atoms with E-state index in [0.717, 1.165) is 5.69 Å². The second kappa shape index (κ2) is 5.57. The van der Waals surface area contributed by atoms with E-state index in [1.165, 1.54) is 6.33 Å². The molecule has 1 aliphatic heterocycles. The van der Waals surface area contributed by atoms with Crippen LogP contribution in [0.4, 0.5) is 0 Å². The maximum Gasteiger partial charge on any atom is 0.218 e. The fraction of sp³-hybridized carbons (Fsp3) is 0.750. The van der Waals surface area contributed by atoms with Crippen LogP contribution in [-0.2, 0) is 16.6 Å². The van der Waals surface area contributed by atoms with Gasteiger partial charge in [-0.25, -0.2) is 18.4 Å². The molecule has 1 fully saturated rings. The highest BCUT2D eigenvalue weighted by atomic mass is 32.2. The Morgan fingerprint density at radius 3 is 2.23 bits per heavy atom. The highest BCUT2D eigenvalue weighted by molar-refractivity contribution is 7.90. The molecule has 2 rings (SSSR count). The van der Waals surface area contributed by atoms with Crippen molar-refractivity contribution in [2.75, 3.05) is 6.54 Å². The van der Waals surface area contributed by atoms with E-state index in [1.807, 2.05) is 20.8 Å². The standard InChI is InChI=1S/C16H27N3O2S/c1-15(2,3)13-10-19(9-12-7-8-17-11-18-12)22(20,21)14(13)16(4,5)6/h7-8,11,13-14H,9-10H2,1-6H3. The van der Waals surface area contributed by atoms with Crippen LogP contribution in [0.1, 0.15) is 47.2 Å². The lowest BCUT2D eigenvalue weighted by Gasteiger charge is -2.37. The summed E-state index contributed by atoms with van der Waals surface area (Å²) in [6.45, 7) is 13.3. The van der Waals surface area contributed by atoms with E-state index in [4.69, 9.17) is 0 Å². The van der Waals surface area contributed by atoms with Crippen molar-refractivity contribution in [2.45, 2.75) is 53.3 Å². The number of hydrogen-bond donors (Lipinski definition) is 0. The molecule has 2 unspecified atom stereocenters. The van der Waals surface area contributed by atoms with Gasteiger partial charge in [-0.05, 0) is 22.8 Å². The molecule has 0 radical (unpaired) electrons. The van der Waals surface area contributed by atoms with Gasteiger partial charge in [0.2, 0.25) is 10.0 Å². The fourth-order valence-corrected chi connectivity index (χ4v) is 6.12. The molecular formula is C16H27N3O2S. The molecule has 22 heavy (non-hydrogen) atoms. The summed E-state index contributed by atoms with van der Waals surface area (Å²) in [4.78, 5) is 8.05. The van der Waals surface area contributed by atoms with Crippen molar-refractivity contribution >= 4 is 10.0 Å². The molecule has 124 valence electrons. The zero-order valence-corrected chi connectivity index (χ0v) is 15.2. The van der Waals surface area contributed by atoms with Crippen LogP contribution >= 0.6 is 0 Å². The third kappa shape index (κ3) is 3.33. The summed E-state index contributed by atoms with van der Waals surface area (Å²) in [5.41, 5.74) is 0.378. The Hall–Kier alpha value is -1.01. The molecule has 2 heterocycles. The van der Waals surface area contributed by atoms with Gasteiger partial charge in [0.05, 0.1) is 17.5 Å². The number of hydrogen-bond acceptors (Lipinski definition) is 4. The molecule has 0 spiro atoms. The van der Waals surface area contributed by atoms with Crippen LogP contribution in [0.3, 0.4) is 0 Å². The topological polar surface area (TPSA) is 63.2 Å². The summed E-state index contributed by atoms with van der Waals surface area (Å²) in [7, 11) is -3.34. The largest absolute Gasteiger partial charge is 0.245 e. The Morgan fingerprint density at radius 2 is 1.82 bits per heavy atom. The summed E-state index contributed by atoms with van der Waals surface area (Å²) >= 11 is 0. The average molecular weight is 325 g/mol. The zero-order chi connectivity index (χ0) is 16.8. The number of nitrogens with zero attached hydrogens (tertiary/aromatic N) is 3. The first-order chi connectivity index (χ1) is 9.94. The van der Waals surface area contributed by atoms with Gasteiger partial charge in [-0.3, -0.25) is 0 Å². The van der Waals surface area contributed by atoms with Crippen LogP contribution in [0.15, 0.2) is 18.6 Å². The van der Waals surface area contributed by atoms with E-state index >= 15 is 0 Å². The maximum atomic E-state index is 13.1. The van der Waals surface area contributed by atoms with Crippen LogP contribution in [0, 0.1) is 16.7 Å². The molecule has 1 aliphatic rings. The van der Waals surface area contributed by atoms with Gasteiger partial charge in [0.15, 0.2) is 0 Å². The first-order valence-corrected chi connectivity index (χ1v) is 9.18. The minimum absolute atomic E-state index is 0.0640. The summed E-state index contributed by atoms with van der Waals surface area (Å²) in [5.74, 6) is 0.0966. The Balaban J connectivity index is 2.38. The van der Waals surface area contributed by atoms with E-state index in [-0.39, 0.29) is 22.0 Å². The lowest BCUT2D eigenvalue weighted by molar-refractivity contribution is 0.172. The molecule has 0 aromatic carbocycles. The minimum Gasteiger partial charge on any atom is -0.245 e. The zero-order valence-electron chi connectivity index (χ0n) is 14.4. The van der Waals surface area contributed by atoms with E-state index in [2.05, 4.69) is 30.7 Å². The van der Waals surface area contributed by atoms with Crippen molar-refractivity contribution in [2.24, 2.45) is 16.7 Å². The van der Waals surface area contributed by atoms with E-state index in [1.54, 1.807) is 16.6 Å². The lowest BCUT2D eigenvalue weighted by atomic mass is 9.72. The SMILES string of the molecule is CC(C)(C)C1CN(Cc2ccncn2)S(=O)(=O)C1C(C)(C)C. The smallest absolute Gasteiger partial charge is 0.218 e. The van der Waals surface area contributed by atoms with Crippen molar-refractivity contribution in [3.63, 3.8) is 0 Å². The fourth-order valence-electron chi connectivity index (χ4n) is 3.31. The van der Waals surface area contributed by atoms with Gasteiger partial charge in [-0.2, -0.15) is 4.31 Å². The first-order valence-electron chi connectivity index (χ1n) is 7.68. The molecular weight excluding hydrogens is 298 g/mol. The van der Waals surface area contributed by atoms with Crippen LogP contribution in [0.25, 0.3) is 0 Å². The Labute approximate surface area is 134 Å². The quantitative estimate of drug-likeness (QED) is 0.838. The van der Waals surface area contributed by atoms with Crippen molar-refractivity contribution in [1.82, 2.24) is 14.3 Å². The number of aromatic nitrogens is 2. The predicted molar refractivity (Wildman–Crippen MR) is 87.5 cm³/mol. The molecule has 1 aromatic rings. The van der Waals surface area contributed by atoms with E-state index in [9.17, 15) is 8.42 Å². The van der Waals surface area contributed by atoms with Gasteiger partial charge in [0.25, 0.3) is 0 Å². The minimum atomic E-state index is -3.34. The molecule has 6 heteroatoms. The molecule has 0 aliphatic carbocycles. The van der Waals surface area contributed by atoms with Gasteiger partial charge in [0.1, 0.15) is 6.33 Å². The van der Waals surface area contributed by atoms with Gasteiger partial charge >= 0.3 is 0 Å². The first kappa shape index (κ1) is 17.3. The van der Waals surface area contributed by atoms with Crippen LogP contribution in [0.5, 0.6) is 0 Å². The van der Waals surface area contributed by atoms with Gasteiger partial charge in [-0.15, -0.1) is 0 Å². The van der Waals surface area contributed by atoms with Gasteiger partial charge in [-0.1, -0.05) is 41.5 Å². The molecule has 0 N–H and O–H groups in total. The Morgan fingerprint density at radius 1 is 1.18 bits per heavy atom. The maximum absolute atomic E-state index is 13.1. The van der Waals surface area contributed by atoms with Crippen molar-refractivity contribution in [3.05, 3.63) is 24.3 Å². The number of sulfonamides is 1. The van der Waals surface area contributed by atoms with Gasteiger partial charge < -0.3 is 0 Å². The summed E-state index contributed by atoms with van der Waals surface area (Å²) in [6.07, 6.45) is 3.11. The summed E-state index contributed by atoms with van der Waals surface area (Å²) < 4.78 is 27.8. The van der Waals surface area contributed by atoms with E-state index in [0.29, 0.717) is 13.1 Å². The Bertz CT molecular complexity index is 615. The second-order valence-corrected chi connectivity index (χ2v) is 10.4. The van der Waals surface area contributed by atoms with E-state index < -0.39 is 10.0 Å².